The molecule has 0 radical (unpaired) electrons. The van der Waals surface area contributed by atoms with Crippen LogP contribution in [0, 0.1) is 0 Å². The molecule has 1 unspecified atom stereocenters. The van der Waals surface area contributed by atoms with Gasteiger partial charge in [-0.3, -0.25) is 9.59 Å². The number of unbranched alkanes of at least 4 members (excludes halogenated alkanes) is 2. The number of amides is 1. The van der Waals surface area contributed by atoms with Crippen LogP contribution in [0.2, 0.25) is 0 Å². The minimum absolute atomic E-state index is 0.246. The van der Waals surface area contributed by atoms with Gasteiger partial charge in [0.05, 0.1) is 0 Å². The number of carbonyl (C=O) groups excluding carboxylic acids is 2. The zero-order chi connectivity index (χ0) is 17.0. The number of benzene rings is 1. The van der Waals surface area contributed by atoms with Crippen LogP contribution in [-0.2, 0) is 14.4 Å². The molecule has 0 fully saturated rings. The van der Waals surface area contributed by atoms with Crippen LogP contribution >= 0.6 is 0 Å². The summed E-state index contributed by atoms with van der Waals surface area (Å²) in [6, 6.07) is 8.64. The molecule has 1 amide bonds. The summed E-state index contributed by atoms with van der Waals surface area (Å²) in [7, 11) is 0. The third kappa shape index (κ3) is 3.33. The molecule has 2 rings (SSSR count). The van der Waals surface area contributed by atoms with Crippen LogP contribution in [0.15, 0.2) is 41.6 Å². The van der Waals surface area contributed by atoms with Gasteiger partial charge in [0, 0.05) is 12.2 Å². The fraction of sp³-hybridized carbons (Fsp3) is 0.389. The Hall–Kier alpha value is -2.43. The molecule has 0 saturated carbocycles. The monoisotopic (exact) mass is 315 g/mol. The van der Waals surface area contributed by atoms with Gasteiger partial charge in [0.2, 0.25) is 5.91 Å². The summed E-state index contributed by atoms with van der Waals surface area (Å²) >= 11 is 0. The largest absolute Gasteiger partial charge is 0.477 e. The average Bonchev–Trinajstić information content (AvgIpc) is 2.51. The van der Waals surface area contributed by atoms with Gasteiger partial charge in [0.25, 0.3) is 0 Å². The first-order chi connectivity index (χ1) is 11.0. The second-order valence-electron chi connectivity index (χ2n) is 5.67. The van der Waals surface area contributed by atoms with Crippen molar-refractivity contribution < 1.29 is 19.5 Å². The summed E-state index contributed by atoms with van der Waals surface area (Å²) in [5.74, 6) is -3.30. The van der Waals surface area contributed by atoms with Gasteiger partial charge in [-0.05, 0) is 18.9 Å². The van der Waals surface area contributed by atoms with Crippen molar-refractivity contribution >= 4 is 17.7 Å². The number of Topliss-reactive ketones (excluding diaryl/α,β-unsaturated/α-hetero) is 1. The molecule has 1 aliphatic heterocycles. The first kappa shape index (κ1) is 16.9. The van der Waals surface area contributed by atoms with Crippen molar-refractivity contribution in [2.75, 3.05) is 6.54 Å². The van der Waals surface area contributed by atoms with Crippen LogP contribution in [0.5, 0.6) is 0 Å². The molecule has 122 valence electrons. The summed E-state index contributed by atoms with van der Waals surface area (Å²) in [5, 5.41) is 9.40. The Labute approximate surface area is 135 Å². The minimum atomic E-state index is -1.28. The van der Waals surface area contributed by atoms with E-state index in [9.17, 15) is 19.5 Å². The molecular weight excluding hydrogens is 294 g/mol. The Bertz CT molecular complexity index is 648. The van der Waals surface area contributed by atoms with E-state index < -0.39 is 17.7 Å². The summed E-state index contributed by atoms with van der Waals surface area (Å²) in [5.41, 5.74) is 0.500. The van der Waals surface area contributed by atoms with Gasteiger partial charge in [-0.25, -0.2) is 4.79 Å². The molecule has 1 aliphatic rings. The maximum Gasteiger partial charge on any atom is 0.341 e. The summed E-state index contributed by atoms with van der Waals surface area (Å²) < 4.78 is 0. The highest BCUT2D eigenvalue weighted by atomic mass is 16.4. The van der Waals surface area contributed by atoms with Crippen molar-refractivity contribution in [3.63, 3.8) is 0 Å². The van der Waals surface area contributed by atoms with Crippen LogP contribution in [0.1, 0.15) is 44.6 Å². The Morgan fingerprint density at radius 2 is 1.83 bits per heavy atom. The number of ketones is 1. The van der Waals surface area contributed by atoms with Gasteiger partial charge in [-0.2, -0.15) is 0 Å². The Morgan fingerprint density at radius 3 is 2.39 bits per heavy atom. The standard InChI is InChI=1S/C18H21NO4/c1-3-4-8-11-19-12(2)14(18(22)23)16(20)15(17(19)21)13-9-6-5-7-10-13/h5-7,9-10,15H,3-4,8,11H2,1-2H3,(H,22,23). The van der Waals surface area contributed by atoms with E-state index >= 15 is 0 Å². The van der Waals surface area contributed by atoms with Crippen molar-refractivity contribution in [2.24, 2.45) is 0 Å². The molecule has 1 aromatic rings. The van der Waals surface area contributed by atoms with Crippen LogP contribution < -0.4 is 0 Å². The fourth-order valence-corrected chi connectivity index (χ4v) is 2.89. The topological polar surface area (TPSA) is 74.7 Å². The molecule has 0 saturated heterocycles. The lowest BCUT2D eigenvalue weighted by atomic mass is 9.85. The summed E-state index contributed by atoms with van der Waals surface area (Å²) in [4.78, 5) is 38.3. The number of hydrogen-bond acceptors (Lipinski definition) is 3. The van der Waals surface area contributed by atoms with Gasteiger partial charge < -0.3 is 10.0 Å². The van der Waals surface area contributed by atoms with Gasteiger partial charge in [-0.1, -0.05) is 50.1 Å². The first-order valence-corrected chi connectivity index (χ1v) is 7.83. The van der Waals surface area contributed by atoms with Crippen LogP contribution in [0.4, 0.5) is 0 Å². The number of carboxylic acid groups (broad SMARTS) is 1. The van der Waals surface area contributed by atoms with E-state index in [1.807, 2.05) is 0 Å². The fourth-order valence-electron chi connectivity index (χ4n) is 2.89. The molecule has 5 nitrogen and oxygen atoms in total. The van der Waals surface area contributed by atoms with Crippen molar-refractivity contribution in [3.8, 4) is 0 Å². The number of carbonyl (C=O) groups is 3. The third-order valence-electron chi connectivity index (χ3n) is 4.12. The van der Waals surface area contributed by atoms with E-state index in [1.165, 1.54) is 11.8 Å². The van der Waals surface area contributed by atoms with Crippen molar-refractivity contribution in [1.29, 1.82) is 0 Å². The second kappa shape index (κ2) is 7.22. The number of hydrogen-bond donors (Lipinski definition) is 1. The van der Waals surface area contributed by atoms with Gasteiger partial charge in [-0.15, -0.1) is 0 Å². The predicted molar refractivity (Wildman–Crippen MR) is 85.8 cm³/mol. The highest BCUT2D eigenvalue weighted by molar-refractivity contribution is 6.27. The molecule has 23 heavy (non-hydrogen) atoms. The van der Waals surface area contributed by atoms with Crippen molar-refractivity contribution in [1.82, 2.24) is 4.90 Å². The van der Waals surface area contributed by atoms with Gasteiger partial charge >= 0.3 is 5.97 Å². The Morgan fingerprint density at radius 1 is 1.17 bits per heavy atom. The molecule has 0 spiro atoms. The molecule has 1 N–H and O–H groups in total. The van der Waals surface area contributed by atoms with E-state index in [2.05, 4.69) is 6.92 Å². The van der Waals surface area contributed by atoms with Crippen LogP contribution in [-0.4, -0.2) is 34.2 Å². The normalized spacial score (nSPS) is 18.5. The van der Waals surface area contributed by atoms with Gasteiger partial charge in [0.15, 0.2) is 5.78 Å². The molecule has 0 bridgehead atoms. The molecule has 0 aromatic heterocycles. The molecule has 0 aliphatic carbocycles. The average molecular weight is 315 g/mol. The summed E-state index contributed by atoms with van der Waals surface area (Å²) in [6.07, 6.45) is 2.73. The number of allylic oxidation sites excluding steroid dienone is 1. The lowest BCUT2D eigenvalue weighted by molar-refractivity contribution is -0.140. The lowest BCUT2D eigenvalue weighted by Crippen LogP contribution is -2.45. The Kier molecular flexibility index (Phi) is 5.32. The molecule has 5 heteroatoms. The van der Waals surface area contributed by atoms with Crippen molar-refractivity contribution in [2.45, 2.75) is 39.0 Å². The highest BCUT2D eigenvalue weighted by Crippen LogP contribution is 2.31. The molecular formula is C18H21NO4. The van der Waals surface area contributed by atoms with E-state index in [1.54, 1.807) is 30.3 Å². The van der Waals surface area contributed by atoms with Crippen LogP contribution in [0.25, 0.3) is 0 Å². The number of carboxylic acids is 1. The molecule has 1 atom stereocenters. The lowest BCUT2D eigenvalue weighted by Gasteiger charge is -2.33. The summed E-state index contributed by atoms with van der Waals surface area (Å²) in [6.45, 7) is 4.03. The van der Waals surface area contributed by atoms with E-state index in [0.717, 1.165) is 19.3 Å². The minimum Gasteiger partial charge on any atom is -0.477 e. The van der Waals surface area contributed by atoms with E-state index in [0.29, 0.717) is 12.1 Å². The van der Waals surface area contributed by atoms with Gasteiger partial charge in [0.1, 0.15) is 11.5 Å². The zero-order valence-corrected chi connectivity index (χ0v) is 13.4. The first-order valence-electron chi connectivity index (χ1n) is 7.83. The quantitative estimate of drug-likeness (QED) is 0.497. The third-order valence-corrected chi connectivity index (χ3v) is 4.12. The Balaban J connectivity index is 2.44. The number of aliphatic carboxylic acids is 1. The van der Waals surface area contributed by atoms with E-state index in [4.69, 9.17) is 0 Å². The second-order valence-corrected chi connectivity index (χ2v) is 5.67. The maximum absolute atomic E-state index is 12.8. The SMILES string of the molecule is CCCCCN1C(=O)C(c2ccccc2)C(=O)C(C(=O)O)=C1C. The van der Waals surface area contributed by atoms with E-state index in [-0.39, 0.29) is 17.2 Å². The molecule has 1 heterocycles. The van der Waals surface area contributed by atoms with Crippen LogP contribution in [0.3, 0.4) is 0 Å². The number of nitrogens with zero attached hydrogens (tertiary/aromatic N) is 1. The smallest absolute Gasteiger partial charge is 0.341 e. The number of rotatable bonds is 6. The zero-order valence-electron chi connectivity index (χ0n) is 13.4. The molecule has 1 aromatic carbocycles. The maximum atomic E-state index is 12.8. The predicted octanol–water partition coefficient (Wildman–Crippen LogP) is 2.73. The van der Waals surface area contributed by atoms with Crippen molar-refractivity contribution in [3.05, 3.63) is 47.2 Å². The highest BCUT2D eigenvalue weighted by Gasteiger charge is 2.42.